The number of anilines is 2. The van der Waals surface area contributed by atoms with Crippen LogP contribution >= 0.6 is 0 Å². The van der Waals surface area contributed by atoms with E-state index in [0.717, 1.165) is 12.8 Å². The Morgan fingerprint density at radius 2 is 1.66 bits per heavy atom. The number of hydrogen-bond donors (Lipinski definition) is 2. The van der Waals surface area contributed by atoms with Gasteiger partial charge in [-0.25, -0.2) is 21.6 Å². The van der Waals surface area contributed by atoms with Gasteiger partial charge in [-0.2, -0.15) is 0 Å². The van der Waals surface area contributed by atoms with Crippen LogP contribution in [0.2, 0.25) is 0 Å². The first-order chi connectivity index (χ1) is 15.1. The van der Waals surface area contributed by atoms with Gasteiger partial charge in [0.25, 0.3) is 5.91 Å². The molecule has 6 nitrogen and oxygen atoms in total. The lowest BCUT2D eigenvalue weighted by molar-refractivity contribution is 0.102. The predicted octanol–water partition coefficient (Wildman–Crippen LogP) is 3.67. The summed E-state index contributed by atoms with van der Waals surface area (Å²) < 4.78 is 72.7. The molecule has 3 fully saturated rings. The smallest absolute Gasteiger partial charge is 0.255 e. The molecule has 2 bridgehead atoms. The molecule has 170 valence electrons. The van der Waals surface area contributed by atoms with Gasteiger partial charge >= 0.3 is 0 Å². The van der Waals surface area contributed by atoms with Gasteiger partial charge < -0.3 is 15.8 Å². The van der Waals surface area contributed by atoms with Crippen LogP contribution in [0.3, 0.4) is 0 Å². The van der Waals surface area contributed by atoms with Crippen LogP contribution in [0.15, 0.2) is 35.2 Å². The zero-order chi connectivity index (χ0) is 22.8. The van der Waals surface area contributed by atoms with E-state index in [2.05, 4.69) is 5.32 Å². The molecular weight excluding hydrogens is 445 g/mol. The topological polar surface area (TPSA) is 102 Å². The molecule has 3 aliphatic rings. The summed E-state index contributed by atoms with van der Waals surface area (Å²) in [6, 6.07) is 5.11. The predicted molar refractivity (Wildman–Crippen MR) is 110 cm³/mol. The highest BCUT2D eigenvalue weighted by molar-refractivity contribution is 7.92. The second-order valence-corrected chi connectivity index (χ2v) is 11.0. The van der Waals surface area contributed by atoms with Crippen LogP contribution in [0.4, 0.5) is 24.5 Å². The molecule has 0 radical (unpaired) electrons. The van der Waals surface area contributed by atoms with Gasteiger partial charge in [-0.05, 0) is 55.7 Å². The summed E-state index contributed by atoms with van der Waals surface area (Å²) in [6.07, 6.45) is 3.02. The van der Waals surface area contributed by atoms with E-state index in [-0.39, 0.29) is 39.3 Å². The van der Waals surface area contributed by atoms with E-state index >= 15 is 0 Å². The molecule has 3 N–H and O–H groups in total. The number of carbonyl (C=O) groups is 1. The number of halogens is 3. The molecule has 2 unspecified atom stereocenters. The van der Waals surface area contributed by atoms with Crippen molar-refractivity contribution in [3.8, 4) is 0 Å². The average molecular weight is 466 g/mol. The maximum atomic E-state index is 13.6. The van der Waals surface area contributed by atoms with E-state index in [4.69, 9.17) is 10.5 Å². The zero-order valence-electron chi connectivity index (χ0n) is 16.9. The van der Waals surface area contributed by atoms with Crippen molar-refractivity contribution >= 4 is 27.1 Å². The Morgan fingerprint density at radius 1 is 1.06 bits per heavy atom. The number of rotatable bonds is 4. The highest BCUT2D eigenvalue weighted by Crippen LogP contribution is 2.56. The van der Waals surface area contributed by atoms with Gasteiger partial charge in [0.05, 0.1) is 28.0 Å². The number of amides is 1. The Kier molecular flexibility index (Phi) is 4.79. The molecule has 1 amide bonds. The Balaban J connectivity index is 1.43. The average Bonchev–Trinajstić information content (AvgIpc) is 3.40. The fraction of sp³-hybridized carbons (Fsp3) is 0.409. The van der Waals surface area contributed by atoms with Gasteiger partial charge in [-0.3, -0.25) is 4.79 Å². The largest absolute Gasteiger partial charge is 0.398 e. The molecule has 1 spiro atoms. The lowest BCUT2D eigenvalue weighted by atomic mass is 9.81. The quantitative estimate of drug-likeness (QED) is 0.407. The Labute approximate surface area is 182 Å². The second kappa shape index (κ2) is 7.21. The molecule has 1 aliphatic heterocycles. The minimum Gasteiger partial charge on any atom is -0.398 e. The molecule has 0 aromatic heterocycles. The van der Waals surface area contributed by atoms with Crippen LogP contribution in [0, 0.1) is 29.3 Å². The third-order valence-electron chi connectivity index (χ3n) is 6.84. The van der Waals surface area contributed by atoms with Crippen molar-refractivity contribution in [2.45, 2.75) is 41.4 Å². The fourth-order valence-corrected chi connectivity index (χ4v) is 7.82. The normalized spacial score (nSPS) is 28.7. The van der Waals surface area contributed by atoms with E-state index in [0.29, 0.717) is 31.6 Å². The Morgan fingerprint density at radius 3 is 2.22 bits per heavy atom. The molecule has 2 aromatic carbocycles. The van der Waals surface area contributed by atoms with Crippen LogP contribution in [0.25, 0.3) is 0 Å². The molecule has 2 saturated carbocycles. The summed E-state index contributed by atoms with van der Waals surface area (Å²) in [6.45, 7) is 0.676. The van der Waals surface area contributed by atoms with Gasteiger partial charge in [-0.1, -0.05) is 0 Å². The zero-order valence-corrected chi connectivity index (χ0v) is 17.7. The van der Waals surface area contributed by atoms with Crippen LogP contribution in [-0.4, -0.2) is 31.8 Å². The van der Waals surface area contributed by atoms with E-state index in [1.165, 1.54) is 18.2 Å². The minimum atomic E-state index is -3.83. The number of benzene rings is 2. The maximum Gasteiger partial charge on any atom is 0.255 e. The SMILES string of the molecule is Nc1ccc(C(=O)Nc2cc(F)c(F)c(F)c2)cc1S(=O)(=O)C1C2CCC1CC1(CO1)C2. The van der Waals surface area contributed by atoms with Gasteiger partial charge in [0.1, 0.15) is 0 Å². The minimum absolute atomic E-state index is 0.0247. The van der Waals surface area contributed by atoms with Gasteiger partial charge in [0.15, 0.2) is 27.3 Å². The van der Waals surface area contributed by atoms with E-state index in [1.54, 1.807) is 0 Å². The van der Waals surface area contributed by atoms with Crippen molar-refractivity contribution < 1.29 is 31.1 Å². The monoisotopic (exact) mass is 466 g/mol. The Bertz CT molecular complexity index is 1190. The van der Waals surface area contributed by atoms with Crippen molar-refractivity contribution in [3.63, 3.8) is 0 Å². The molecule has 1 heterocycles. The summed E-state index contributed by atoms with van der Waals surface area (Å²) >= 11 is 0. The molecule has 2 aliphatic carbocycles. The summed E-state index contributed by atoms with van der Waals surface area (Å²) in [5.74, 6) is -5.41. The van der Waals surface area contributed by atoms with Crippen LogP contribution in [-0.2, 0) is 14.6 Å². The number of nitrogens with two attached hydrogens (primary N) is 1. The lowest BCUT2D eigenvalue weighted by Gasteiger charge is -2.33. The number of carbonyl (C=O) groups excluding carboxylic acids is 1. The molecule has 2 atom stereocenters. The van der Waals surface area contributed by atoms with E-state index < -0.39 is 38.4 Å². The summed E-state index contributed by atoms with van der Waals surface area (Å²) in [5, 5.41) is 1.67. The van der Waals surface area contributed by atoms with Gasteiger partial charge in [0, 0.05) is 23.4 Å². The van der Waals surface area contributed by atoms with Crippen molar-refractivity contribution in [3.05, 3.63) is 53.3 Å². The van der Waals surface area contributed by atoms with E-state index in [9.17, 15) is 26.4 Å². The fourth-order valence-electron chi connectivity index (χ4n) is 5.36. The molecular formula is C22H21F3N2O4S. The van der Waals surface area contributed by atoms with Crippen LogP contribution < -0.4 is 11.1 Å². The Hall–Kier alpha value is -2.59. The van der Waals surface area contributed by atoms with E-state index in [1.807, 2.05) is 0 Å². The summed E-state index contributed by atoms with van der Waals surface area (Å²) in [5.41, 5.74) is 5.51. The van der Waals surface area contributed by atoms with Crippen LogP contribution in [0.5, 0.6) is 0 Å². The number of sulfone groups is 1. The number of epoxide rings is 1. The molecule has 2 aromatic rings. The number of fused-ring (bicyclic) bond motifs is 2. The highest BCUT2D eigenvalue weighted by Gasteiger charge is 2.60. The van der Waals surface area contributed by atoms with Crippen molar-refractivity contribution in [1.82, 2.24) is 0 Å². The standard InChI is InChI=1S/C22H21F3N2O4S/c23-15-6-14(7-16(24)19(15)25)27-21(28)11-3-4-17(26)18(5-11)32(29,30)20-12-1-2-13(20)9-22(8-12)10-31-22/h3-7,12-13,20H,1-2,8-10,26H2,(H,27,28). The number of hydrogen-bond acceptors (Lipinski definition) is 5. The summed E-state index contributed by atoms with van der Waals surface area (Å²) in [7, 11) is -3.83. The number of nitrogens with one attached hydrogen (secondary N) is 1. The first kappa shape index (κ1) is 21.3. The molecule has 1 saturated heterocycles. The van der Waals surface area contributed by atoms with Crippen molar-refractivity contribution in [1.29, 1.82) is 0 Å². The van der Waals surface area contributed by atoms with Crippen molar-refractivity contribution in [2.24, 2.45) is 11.8 Å². The highest BCUT2D eigenvalue weighted by atomic mass is 32.2. The number of ether oxygens (including phenoxy) is 1. The first-order valence-corrected chi connectivity index (χ1v) is 11.9. The third kappa shape index (κ3) is 3.45. The third-order valence-corrected chi connectivity index (χ3v) is 9.29. The van der Waals surface area contributed by atoms with Gasteiger partial charge in [-0.15, -0.1) is 0 Å². The number of nitrogen functional groups attached to an aromatic ring is 1. The van der Waals surface area contributed by atoms with Crippen molar-refractivity contribution in [2.75, 3.05) is 17.7 Å². The summed E-state index contributed by atoms with van der Waals surface area (Å²) in [4.78, 5) is 12.5. The molecule has 5 rings (SSSR count). The first-order valence-electron chi connectivity index (χ1n) is 10.3. The second-order valence-electron chi connectivity index (χ2n) is 8.95. The lowest BCUT2D eigenvalue weighted by Crippen LogP contribution is -2.40. The molecule has 32 heavy (non-hydrogen) atoms. The van der Waals surface area contributed by atoms with Gasteiger partial charge in [0.2, 0.25) is 0 Å². The maximum absolute atomic E-state index is 13.6. The van der Waals surface area contributed by atoms with Crippen LogP contribution in [0.1, 0.15) is 36.0 Å². The molecule has 10 heteroatoms.